The van der Waals surface area contributed by atoms with E-state index in [-0.39, 0.29) is 5.97 Å². The van der Waals surface area contributed by atoms with Gasteiger partial charge in [0.15, 0.2) is 0 Å². The monoisotopic (exact) mass is 201 g/mol. The molecule has 1 rings (SSSR count). The lowest BCUT2D eigenvalue weighted by atomic mass is 10.4. The van der Waals surface area contributed by atoms with Gasteiger partial charge in [0.25, 0.3) is 0 Å². The molecule has 0 radical (unpaired) electrons. The van der Waals surface area contributed by atoms with Crippen LogP contribution in [0, 0.1) is 0 Å². The van der Waals surface area contributed by atoms with Crippen molar-refractivity contribution < 1.29 is 9.53 Å². The van der Waals surface area contributed by atoms with E-state index in [1.165, 1.54) is 11.8 Å². The first kappa shape index (κ1) is 10.4. The van der Waals surface area contributed by atoms with Crippen LogP contribution in [-0.2, 0) is 9.53 Å². The maximum Gasteiger partial charge on any atom is 0.354 e. The normalized spacial score (nSPS) is 16.9. The van der Waals surface area contributed by atoms with E-state index in [2.05, 4.69) is 5.32 Å². The van der Waals surface area contributed by atoms with E-state index < -0.39 is 0 Å². The Morgan fingerprint density at radius 2 is 2.38 bits per heavy atom. The summed E-state index contributed by atoms with van der Waals surface area (Å²) in [6, 6.07) is 0.489. The minimum absolute atomic E-state index is 0.247. The zero-order valence-electron chi connectivity index (χ0n) is 8.00. The molecule has 0 amide bonds. The third kappa shape index (κ3) is 3.72. The number of hydrogen-bond donors (Lipinski definition) is 1. The molecule has 0 aromatic rings. The number of thioether (sulfide) groups is 1. The van der Waals surface area contributed by atoms with Crippen molar-refractivity contribution in [1.29, 1.82) is 0 Å². The Morgan fingerprint density at radius 1 is 1.69 bits per heavy atom. The number of ether oxygens (including phenoxy) is 1. The zero-order chi connectivity index (χ0) is 9.68. The quantitative estimate of drug-likeness (QED) is 0.540. The molecule has 1 aliphatic carbocycles. The Balaban J connectivity index is 2.44. The molecule has 0 bridgehead atoms. The van der Waals surface area contributed by atoms with E-state index in [4.69, 9.17) is 4.74 Å². The Labute approximate surface area is 82.9 Å². The Bertz CT molecular complexity index is 212. The highest BCUT2D eigenvalue weighted by Gasteiger charge is 2.24. The van der Waals surface area contributed by atoms with Gasteiger partial charge in [0.1, 0.15) is 5.70 Å². The van der Waals surface area contributed by atoms with Gasteiger partial charge in [-0.25, -0.2) is 4.79 Å². The number of carbonyl (C=O) groups is 1. The summed E-state index contributed by atoms with van der Waals surface area (Å²) in [6.07, 6.45) is 4.24. The van der Waals surface area contributed by atoms with Crippen LogP contribution in [0.3, 0.4) is 0 Å². The van der Waals surface area contributed by atoms with Crippen molar-refractivity contribution in [2.45, 2.75) is 25.8 Å². The summed E-state index contributed by atoms with van der Waals surface area (Å²) in [5.41, 5.74) is 0.594. The summed E-state index contributed by atoms with van der Waals surface area (Å²) in [6.45, 7) is 2.24. The predicted octanol–water partition coefficient (Wildman–Crippen LogP) is 1.51. The molecule has 1 aliphatic rings. The van der Waals surface area contributed by atoms with Crippen LogP contribution in [-0.4, -0.2) is 24.9 Å². The second-order valence-electron chi connectivity index (χ2n) is 2.91. The van der Waals surface area contributed by atoms with E-state index in [0.29, 0.717) is 18.3 Å². The highest BCUT2D eigenvalue weighted by molar-refractivity contribution is 8.01. The fraction of sp³-hybridized carbons (Fsp3) is 0.667. The van der Waals surface area contributed by atoms with Crippen molar-refractivity contribution in [1.82, 2.24) is 5.32 Å². The molecule has 0 aromatic carbocycles. The lowest BCUT2D eigenvalue weighted by molar-refractivity contribution is -0.138. The number of rotatable bonds is 5. The van der Waals surface area contributed by atoms with Crippen LogP contribution >= 0.6 is 11.8 Å². The summed E-state index contributed by atoms with van der Waals surface area (Å²) >= 11 is 1.51. The maximum atomic E-state index is 11.3. The van der Waals surface area contributed by atoms with Crippen molar-refractivity contribution in [3.63, 3.8) is 0 Å². The lowest BCUT2D eigenvalue weighted by Gasteiger charge is -2.07. The second-order valence-corrected chi connectivity index (χ2v) is 3.61. The first-order valence-electron chi connectivity index (χ1n) is 4.44. The molecule has 3 nitrogen and oxygen atoms in total. The van der Waals surface area contributed by atoms with Gasteiger partial charge in [-0.15, -0.1) is 11.8 Å². The molecule has 0 atom stereocenters. The fourth-order valence-electron chi connectivity index (χ4n) is 0.915. The van der Waals surface area contributed by atoms with Crippen molar-refractivity contribution in [2.75, 3.05) is 12.9 Å². The van der Waals surface area contributed by atoms with Gasteiger partial charge >= 0.3 is 5.97 Å². The molecule has 4 heteroatoms. The molecular weight excluding hydrogens is 186 g/mol. The van der Waals surface area contributed by atoms with Crippen molar-refractivity contribution in [3.8, 4) is 0 Å². The van der Waals surface area contributed by atoms with Crippen LogP contribution in [0.4, 0.5) is 0 Å². The van der Waals surface area contributed by atoms with Crippen LogP contribution in [0.2, 0.25) is 0 Å². The minimum Gasteiger partial charge on any atom is -0.461 e. The molecular formula is C9H15NO2S. The van der Waals surface area contributed by atoms with Crippen molar-refractivity contribution >= 4 is 17.7 Å². The average molecular weight is 201 g/mol. The van der Waals surface area contributed by atoms with Crippen molar-refractivity contribution in [2.24, 2.45) is 0 Å². The van der Waals surface area contributed by atoms with Gasteiger partial charge in [0, 0.05) is 11.4 Å². The van der Waals surface area contributed by atoms with Crippen molar-refractivity contribution in [3.05, 3.63) is 11.1 Å². The molecule has 1 N–H and O–H groups in total. The number of nitrogens with one attached hydrogen (secondary N) is 1. The van der Waals surface area contributed by atoms with Gasteiger partial charge in [-0.2, -0.15) is 0 Å². The third-order valence-corrected chi connectivity index (χ3v) is 2.14. The molecule has 0 aliphatic heterocycles. The highest BCUT2D eigenvalue weighted by Crippen LogP contribution is 2.21. The molecule has 0 aromatic heterocycles. The Morgan fingerprint density at radius 3 is 2.85 bits per heavy atom. The van der Waals surface area contributed by atoms with Gasteiger partial charge in [-0.3, -0.25) is 0 Å². The molecule has 74 valence electrons. The first-order valence-corrected chi connectivity index (χ1v) is 5.73. The van der Waals surface area contributed by atoms with Crippen LogP contribution in [0.5, 0.6) is 0 Å². The van der Waals surface area contributed by atoms with E-state index in [0.717, 1.165) is 12.8 Å². The third-order valence-electron chi connectivity index (χ3n) is 1.67. The summed E-state index contributed by atoms with van der Waals surface area (Å²) in [4.78, 5) is 11.3. The largest absolute Gasteiger partial charge is 0.461 e. The Kier molecular flexibility index (Phi) is 4.15. The van der Waals surface area contributed by atoms with Crippen LogP contribution in [0.15, 0.2) is 11.1 Å². The summed E-state index contributed by atoms with van der Waals surface area (Å²) < 4.78 is 4.90. The Hall–Kier alpha value is -0.640. The summed E-state index contributed by atoms with van der Waals surface area (Å²) in [5.74, 6) is -0.247. The fourth-order valence-corrected chi connectivity index (χ4v) is 1.32. The molecule has 1 fully saturated rings. The average Bonchev–Trinajstić information content (AvgIpc) is 2.88. The molecule has 0 saturated heterocycles. The number of hydrogen-bond acceptors (Lipinski definition) is 4. The predicted molar refractivity (Wildman–Crippen MR) is 54.4 cm³/mol. The first-order chi connectivity index (χ1) is 6.27. The van der Waals surface area contributed by atoms with Gasteiger partial charge in [-0.05, 0) is 26.0 Å². The van der Waals surface area contributed by atoms with E-state index in [9.17, 15) is 4.79 Å². The topological polar surface area (TPSA) is 38.3 Å². The van der Waals surface area contributed by atoms with Gasteiger partial charge in [0.05, 0.1) is 6.61 Å². The molecule has 0 heterocycles. The molecule has 13 heavy (non-hydrogen) atoms. The molecule has 0 spiro atoms. The number of carbonyl (C=O) groups excluding carboxylic acids is 1. The smallest absolute Gasteiger partial charge is 0.354 e. The summed E-state index contributed by atoms with van der Waals surface area (Å²) in [7, 11) is 0. The van der Waals surface area contributed by atoms with Gasteiger partial charge in [-0.1, -0.05) is 0 Å². The van der Waals surface area contributed by atoms with E-state index in [1.54, 1.807) is 5.41 Å². The van der Waals surface area contributed by atoms with Crippen LogP contribution in [0.25, 0.3) is 0 Å². The van der Waals surface area contributed by atoms with Crippen LogP contribution in [0.1, 0.15) is 19.8 Å². The van der Waals surface area contributed by atoms with Gasteiger partial charge < -0.3 is 10.1 Å². The maximum absolute atomic E-state index is 11.3. The number of esters is 1. The zero-order valence-corrected chi connectivity index (χ0v) is 8.82. The highest BCUT2D eigenvalue weighted by atomic mass is 32.2. The minimum atomic E-state index is -0.247. The van der Waals surface area contributed by atoms with E-state index in [1.807, 2.05) is 13.2 Å². The second kappa shape index (κ2) is 5.17. The molecule has 0 unspecified atom stereocenters. The SMILES string of the molecule is CCOC(=O)C(=CSC)NC1CC1. The lowest BCUT2D eigenvalue weighted by Crippen LogP contribution is -2.23. The standard InChI is InChI=1S/C9H15NO2S/c1-3-12-9(11)8(6-13-2)10-7-4-5-7/h6-7,10H,3-5H2,1-2H3. The molecule has 1 saturated carbocycles. The summed E-state index contributed by atoms with van der Waals surface area (Å²) in [5, 5.41) is 4.94. The van der Waals surface area contributed by atoms with Crippen LogP contribution < -0.4 is 5.32 Å². The van der Waals surface area contributed by atoms with Gasteiger partial charge in [0.2, 0.25) is 0 Å². The van der Waals surface area contributed by atoms with E-state index >= 15 is 0 Å².